The number of piperazine rings is 1. The lowest BCUT2D eigenvalue weighted by Gasteiger charge is -2.37. The highest BCUT2D eigenvalue weighted by Crippen LogP contribution is 2.27. The van der Waals surface area contributed by atoms with E-state index in [-0.39, 0.29) is 17.7 Å². The van der Waals surface area contributed by atoms with Gasteiger partial charge in [-0.25, -0.2) is 0 Å². The molecule has 4 rings (SSSR count). The van der Waals surface area contributed by atoms with E-state index in [1.807, 2.05) is 54.3 Å². The van der Waals surface area contributed by atoms with Gasteiger partial charge in [0.25, 0.3) is 0 Å². The van der Waals surface area contributed by atoms with Crippen molar-refractivity contribution >= 4 is 23.2 Å². The van der Waals surface area contributed by atoms with Crippen molar-refractivity contribution in [3.8, 4) is 0 Å². The lowest BCUT2D eigenvalue weighted by atomic mass is 10.1. The van der Waals surface area contributed by atoms with E-state index in [4.69, 9.17) is 0 Å². The molecule has 0 saturated carbocycles. The Balaban J connectivity index is 1.37. The number of para-hydroxylation sites is 1. The van der Waals surface area contributed by atoms with Gasteiger partial charge >= 0.3 is 0 Å². The van der Waals surface area contributed by atoms with E-state index in [2.05, 4.69) is 17.0 Å². The van der Waals surface area contributed by atoms with Gasteiger partial charge in [0.1, 0.15) is 0 Å². The lowest BCUT2D eigenvalue weighted by molar-refractivity contribution is -0.136. The molecule has 140 valence electrons. The van der Waals surface area contributed by atoms with Crippen LogP contribution in [-0.2, 0) is 9.59 Å². The van der Waals surface area contributed by atoms with Gasteiger partial charge in [-0.05, 0) is 36.8 Å². The average molecular weight is 363 g/mol. The van der Waals surface area contributed by atoms with Crippen LogP contribution in [0.4, 0.5) is 11.4 Å². The van der Waals surface area contributed by atoms with E-state index < -0.39 is 0 Å². The first-order valence-corrected chi connectivity index (χ1v) is 9.57. The maximum atomic E-state index is 13.0. The van der Waals surface area contributed by atoms with Crippen LogP contribution >= 0.6 is 0 Å². The molecule has 2 fully saturated rings. The molecule has 0 radical (unpaired) electrons. The largest absolute Gasteiger partial charge is 0.368 e. The zero-order chi connectivity index (χ0) is 18.8. The highest BCUT2D eigenvalue weighted by molar-refractivity contribution is 6.00. The van der Waals surface area contributed by atoms with Gasteiger partial charge in [-0.2, -0.15) is 0 Å². The SMILES string of the molecule is Cc1cccc(N2C[C@@H](C(=O)N3CCN(c4ccccc4)CC3)CC2=O)c1. The summed E-state index contributed by atoms with van der Waals surface area (Å²) in [7, 11) is 0. The topological polar surface area (TPSA) is 43.9 Å². The second-order valence-corrected chi connectivity index (χ2v) is 7.39. The lowest BCUT2D eigenvalue weighted by Crippen LogP contribution is -2.50. The molecule has 2 aliphatic heterocycles. The Morgan fingerprint density at radius 2 is 1.63 bits per heavy atom. The van der Waals surface area contributed by atoms with Crippen molar-refractivity contribution < 1.29 is 9.59 Å². The van der Waals surface area contributed by atoms with E-state index in [1.165, 1.54) is 5.69 Å². The zero-order valence-corrected chi connectivity index (χ0v) is 15.7. The van der Waals surface area contributed by atoms with E-state index in [0.29, 0.717) is 26.1 Å². The molecule has 0 aliphatic carbocycles. The minimum atomic E-state index is -0.235. The van der Waals surface area contributed by atoms with Crippen LogP contribution in [0, 0.1) is 12.8 Å². The molecule has 0 N–H and O–H groups in total. The first-order chi connectivity index (χ1) is 13.1. The van der Waals surface area contributed by atoms with Crippen molar-refractivity contribution in [2.24, 2.45) is 5.92 Å². The third-order valence-electron chi connectivity index (χ3n) is 5.50. The molecule has 2 amide bonds. The first-order valence-electron chi connectivity index (χ1n) is 9.57. The first kappa shape index (κ1) is 17.6. The maximum Gasteiger partial charge on any atom is 0.228 e. The third-order valence-corrected chi connectivity index (χ3v) is 5.50. The molecule has 0 aromatic heterocycles. The summed E-state index contributed by atoms with van der Waals surface area (Å²) in [5.41, 5.74) is 3.21. The maximum absolute atomic E-state index is 13.0. The van der Waals surface area contributed by atoms with Gasteiger partial charge < -0.3 is 14.7 Å². The molecule has 2 saturated heterocycles. The summed E-state index contributed by atoms with van der Waals surface area (Å²) in [6.07, 6.45) is 0.311. The van der Waals surface area contributed by atoms with Gasteiger partial charge in [0.15, 0.2) is 0 Å². The van der Waals surface area contributed by atoms with Crippen molar-refractivity contribution in [2.45, 2.75) is 13.3 Å². The Morgan fingerprint density at radius 3 is 2.33 bits per heavy atom. The van der Waals surface area contributed by atoms with Gasteiger partial charge in [-0.3, -0.25) is 9.59 Å². The Bertz CT molecular complexity index is 828. The predicted molar refractivity (Wildman–Crippen MR) is 107 cm³/mol. The van der Waals surface area contributed by atoms with Crippen molar-refractivity contribution in [3.63, 3.8) is 0 Å². The summed E-state index contributed by atoms with van der Waals surface area (Å²) in [5.74, 6) is -0.0747. The molecule has 2 heterocycles. The fourth-order valence-electron chi connectivity index (χ4n) is 4.00. The number of carbonyl (C=O) groups excluding carboxylic acids is 2. The molecule has 5 heteroatoms. The Hall–Kier alpha value is -2.82. The summed E-state index contributed by atoms with van der Waals surface area (Å²) >= 11 is 0. The summed E-state index contributed by atoms with van der Waals surface area (Å²) in [5, 5.41) is 0. The highest BCUT2D eigenvalue weighted by atomic mass is 16.2. The normalized spacial score (nSPS) is 20.3. The number of hydrogen-bond donors (Lipinski definition) is 0. The van der Waals surface area contributed by atoms with Gasteiger partial charge in [-0.15, -0.1) is 0 Å². The third kappa shape index (κ3) is 3.68. The molecule has 2 aliphatic rings. The zero-order valence-electron chi connectivity index (χ0n) is 15.7. The number of benzene rings is 2. The molecule has 0 bridgehead atoms. The summed E-state index contributed by atoms with van der Waals surface area (Å²) in [4.78, 5) is 31.4. The molecule has 1 atom stereocenters. The molecule has 0 spiro atoms. The number of amides is 2. The molecule has 5 nitrogen and oxygen atoms in total. The van der Waals surface area contributed by atoms with Crippen molar-refractivity contribution in [1.82, 2.24) is 4.90 Å². The highest BCUT2D eigenvalue weighted by Gasteiger charge is 2.37. The fraction of sp³-hybridized carbons (Fsp3) is 0.364. The van der Waals surface area contributed by atoms with Crippen LogP contribution in [-0.4, -0.2) is 49.4 Å². The number of carbonyl (C=O) groups is 2. The van der Waals surface area contributed by atoms with Gasteiger partial charge in [0, 0.05) is 50.5 Å². The van der Waals surface area contributed by atoms with Crippen LogP contribution in [0.5, 0.6) is 0 Å². The Kier molecular flexibility index (Phi) is 4.84. The number of rotatable bonds is 3. The minimum Gasteiger partial charge on any atom is -0.368 e. The van der Waals surface area contributed by atoms with Crippen LogP contribution in [0.25, 0.3) is 0 Å². The molecular formula is C22H25N3O2. The van der Waals surface area contributed by atoms with Crippen molar-refractivity contribution in [2.75, 3.05) is 42.5 Å². The van der Waals surface area contributed by atoms with Gasteiger partial charge in [0.2, 0.25) is 11.8 Å². The molecular weight excluding hydrogens is 338 g/mol. The number of nitrogens with zero attached hydrogens (tertiary/aromatic N) is 3. The Morgan fingerprint density at radius 1 is 0.926 bits per heavy atom. The van der Waals surface area contributed by atoms with E-state index in [1.54, 1.807) is 4.90 Å². The monoisotopic (exact) mass is 363 g/mol. The molecule has 0 unspecified atom stereocenters. The van der Waals surface area contributed by atoms with Crippen LogP contribution < -0.4 is 9.80 Å². The van der Waals surface area contributed by atoms with E-state index in [9.17, 15) is 9.59 Å². The minimum absolute atomic E-state index is 0.0434. The molecule has 2 aromatic rings. The molecule has 2 aromatic carbocycles. The van der Waals surface area contributed by atoms with Crippen molar-refractivity contribution in [1.29, 1.82) is 0 Å². The number of anilines is 2. The van der Waals surface area contributed by atoms with Gasteiger partial charge in [0.05, 0.1) is 5.92 Å². The van der Waals surface area contributed by atoms with Gasteiger partial charge in [-0.1, -0.05) is 30.3 Å². The molecule has 27 heavy (non-hydrogen) atoms. The Labute approximate surface area is 160 Å². The predicted octanol–water partition coefficient (Wildman–Crippen LogP) is 2.70. The van der Waals surface area contributed by atoms with Crippen LogP contribution in [0.2, 0.25) is 0 Å². The number of hydrogen-bond acceptors (Lipinski definition) is 3. The number of aryl methyl sites for hydroxylation is 1. The van der Waals surface area contributed by atoms with Crippen molar-refractivity contribution in [3.05, 3.63) is 60.2 Å². The van der Waals surface area contributed by atoms with E-state index >= 15 is 0 Å². The quantitative estimate of drug-likeness (QED) is 0.842. The summed E-state index contributed by atoms with van der Waals surface area (Å²) in [6, 6.07) is 18.2. The smallest absolute Gasteiger partial charge is 0.228 e. The van der Waals surface area contributed by atoms with Crippen LogP contribution in [0.3, 0.4) is 0 Å². The average Bonchev–Trinajstić information content (AvgIpc) is 3.10. The standard InChI is InChI=1S/C22H25N3O2/c1-17-6-5-9-20(14-17)25-16-18(15-21(25)26)22(27)24-12-10-23(11-13-24)19-7-3-2-4-8-19/h2-9,14,18H,10-13,15-16H2,1H3/t18-/m0/s1. The summed E-state index contributed by atoms with van der Waals surface area (Å²) in [6.45, 7) is 5.58. The second-order valence-electron chi connectivity index (χ2n) is 7.39. The summed E-state index contributed by atoms with van der Waals surface area (Å²) < 4.78 is 0. The van der Waals surface area contributed by atoms with Crippen LogP contribution in [0.15, 0.2) is 54.6 Å². The second kappa shape index (κ2) is 7.43. The van der Waals surface area contributed by atoms with Crippen LogP contribution in [0.1, 0.15) is 12.0 Å². The van der Waals surface area contributed by atoms with E-state index in [0.717, 1.165) is 24.3 Å². The fourth-order valence-corrected chi connectivity index (χ4v) is 4.00.